The van der Waals surface area contributed by atoms with Crippen LogP contribution >= 0.6 is 0 Å². The molecule has 4 nitrogen and oxygen atoms in total. The van der Waals surface area contributed by atoms with Crippen LogP contribution in [-0.4, -0.2) is 21.3 Å². The van der Waals surface area contributed by atoms with Crippen LogP contribution in [0.1, 0.15) is 16.3 Å². The van der Waals surface area contributed by atoms with Crippen molar-refractivity contribution < 1.29 is 18.0 Å². The van der Waals surface area contributed by atoms with E-state index < -0.39 is 17.7 Å². The van der Waals surface area contributed by atoms with Gasteiger partial charge in [0.1, 0.15) is 11.8 Å². The van der Waals surface area contributed by atoms with Gasteiger partial charge in [0.25, 0.3) is 5.78 Å². The number of imidazole rings is 1. The summed E-state index contributed by atoms with van der Waals surface area (Å²) in [7, 11) is 0. The Bertz CT molecular complexity index is 636. The molecule has 0 saturated carbocycles. The highest BCUT2D eigenvalue weighted by atomic mass is 19.4. The summed E-state index contributed by atoms with van der Waals surface area (Å²) in [6.45, 7) is 0. The SMILES string of the molecule is N#Cc1nc(C(=O)C(F)(F)F)c2ccccn12. The molecule has 0 spiro atoms. The number of fused-ring (bicyclic) bond motifs is 1. The van der Waals surface area contributed by atoms with Crippen LogP contribution in [0.2, 0.25) is 0 Å². The van der Waals surface area contributed by atoms with Gasteiger partial charge in [-0.15, -0.1) is 0 Å². The second-order valence-corrected chi connectivity index (χ2v) is 3.18. The minimum absolute atomic E-state index is 0.0358. The van der Waals surface area contributed by atoms with Gasteiger partial charge in [-0.1, -0.05) is 6.07 Å². The average Bonchev–Trinajstić information content (AvgIpc) is 2.65. The topological polar surface area (TPSA) is 58.2 Å². The number of hydrogen-bond acceptors (Lipinski definition) is 3. The number of ketones is 1. The number of aromatic nitrogens is 2. The Hall–Kier alpha value is -2.36. The van der Waals surface area contributed by atoms with E-state index in [0.717, 1.165) is 4.40 Å². The first kappa shape index (κ1) is 11.1. The third kappa shape index (κ3) is 1.73. The van der Waals surface area contributed by atoms with Crippen molar-refractivity contribution in [1.82, 2.24) is 9.38 Å². The van der Waals surface area contributed by atoms with Gasteiger partial charge in [0, 0.05) is 6.20 Å². The second-order valence-electron chi connectivity index (χ2n) is 3.18. The zero-order valence-electron chi connectivity index (χ0n) is 8.19. The van der Waals surface area contributed by atoms with E-state index in [9.17, 15) is 18.0 Å². The van der Waals surface area contributed by atoms with Gasteiger partial charge >= 0.3 is 6.18 Å². The van der Waals surface area contributed by atoms with Crippen molar-refractivity contribution in [2.75, 3.05) is 0 Å². The number of halogens is 3. The molecule has 0 radical (unpaired) electrons. The number of nitriles is 1. The Morgan fingerprint density at radius 2 is 2.12 bits per heavy atom. The molecular weight excluding hydrogens is 235 g/mol. The minimum atomic E-state index is -5.00. The molecule has 2 aromatic rings. The molecule has 0 amide bonds. The van der Waals surface area contributed by atoms with Crippen LogP contribution < -0.4 is 0 Å². The molecular formula is C10H4F3N3O. The fraction of sp³-hybridized carbons (Fsp3) is 0.100. The van der Waals surface area contributed by atoms with Gasteiger partial charge < -0.3 is 0 Å². The lowest BCUT2D eigenvalue weighted by Gasteiger charge is -2.02. The Morgan fingerprint density at radius 3 is 2.71 bits per heavy atom. The molecule has 0 aliphatic rings. The number of carbonyl (C=O) groups excluding carboxylic acids is 1. The van der Waals surface area contributed by atoms with E-state index in [2.05, 4.69) is 4.98 Å². The Labute approximate surface area is 92.9 Å². The van der Waals surface area contributed by atoms with Crippen molar-refractivity contribution >= 4 is 11.3 Å². The van der Waals surface area contributed by atoms with Crippen LogP contribution in [0.25, 0.3) is 5.52 Å². The van der Waals surface area contributed by atoms with Crippen molar-refractivity contribution in [3.8, 4) is 6.07 Å². The van der Waals surface area contributed by atoms with Crippen LogP contribution in [0, 0.1) is 11.3 Å². The summed E-state index contributed by atoms with van der Waals surface area (Å²) in [5.74, 6) is -2.31. The highest BCUT2D eigenvalue weighted by molar-refractivity contribution is 6.04. The summed E-state index contributed by atoms with van der Waals surface area (Å²) in [6.07, 6.45) is -3.63. The monoisotopic (exact) mass is 239 g/mol. The largest absolute Gasteiger partial charge is 0.456 e. The standard InChI is InChI=1S/C10H4F3N3O/c11-10(12,13)9(17)8-6-3-1-2-4-16(6)7(5-14)15-8/h1-4H. The van der Waals surface area contributed by atoms with Crippen LogP contribution in [-0.2, 0) is 0 Å². The molecule has 86 valence electrons. The van der Waals surface area contributed by atoms with Gasteiger partial charge in [-0.05, 0) is 12.1 Å². The van der Waals surface area contributed by atoms with Crippen molar-refractivity contribution in [3.63, 3.8) is 0 Å². The molecule has 0 bridgehead atoms. The zero-order valence-corrected chi connectivity index (χ0v) is 8.19. The summed E-state index contributed by atoms with van der Waals surface area (Å²) < 4.78 is 38.0. The first-order chi connectivity index (χ1) is 7.95. The van der Waals surface area contributed by atoms with E-state index >= 15 is 0 Å². The third-order valence-electron chi connectivity index (χ3n) is 2.12. The average molecular weight is 239 g/mol. The Morgan fingerprint density at radius 1 is 1.41 bits per heavy atom. The highest BCUT2D eigenvalue weighted by Gasteiger charge is 2.42. The molecule has 2 rings (SSSR count). The van der Waals surface area contributed by atoms with E-state index in [1.165, 1.54) is 24.4 Å². The zero-order chi connectivity index (χ0) is 12.6. The molecule has 0 aliphatic carbocycles. The van der Waals surface area contributed by atoms with Crippen molar-refractivity contribution in [3.05, 3.63) is 35.9 Å². The van der Waals surface area contributed by atoms with Crippen LogP contribution in [0.4, 0.5) is 13.2 Å². The Balaban J connectivity index is 2.72. The number of carbonyl (C=O) groups is 1. The molecule has 17 heavy (non-hydrogen) atoms. The van der Waals surface area contributed by atoms with Crippen molar-refractivity contribution in [2.45, 2.75) is 6.18 Å². The predicted molar refractivity (Wildman–Crippen MR) is 50.3 cm³/mol. The van der Waals surface area contributed by atoms with Gasteiger partial charge in [0.2, 0.25) is 5.82 Å². The number of nitrogens with zero attached hydrogens (tertiary/aromatic N) is 3. The predicted octanol–water partition coefficient (Wildman–Crippen LogP) is 1.95. The van der Waals surface area contributed by atoms with Gasteiger partial charge in [0.15, 0.2) is 0 Å². The smallest absolute Gasteiger partial charge is 0.291 e. The lowest BCUT2D eigenvalue weighted by molar-refractivity contribution is -0.0886. The fourth-order valence-electron chi connectivity index (χ4n) is 1.42. The van der Waals surface area contributed by atoms with Gasteiger partial charge in [0.05, 0.1) is 5.52 Å². The number of Topliss-reactive ketones (excluding diaryl/α,β-unsaturated/α-hetero) is 1. The van der Waals surface area contributed by atoms with Crippen LogP contribution in [0.15, 0.2) is 24.4 Å². The number of rotatable bonds is 1. The van der Waals surface area contributed by atoms with E-state index in [0.29, 0.717) is 0 Å². The number of pyridine rings is 1. The maximum absolute atomic E-state index is 12.3. The van der Waals surface area contributed by atoms with Crippen molar-refractivity contribution in [1.29, 1.82) is 5.26 Å². The minimum Gasteiger partial charge on any atom is -0.291 e. The summed E-state index contributed by atoms with van der Waals surface area (Å²) >= 11 is 0. The van der Waals surface area contributed by atoms with Gasteiger partial charge in [-0.25, -0.2) is 4.98 Å². The van der Waals surface area contributed by atoms with Crippen molar-refractivity contribution in [2.24, 2.45) is 0 Å². The molecule has 7 heteroatoms. The molecule has 0 unspecified atom stereocenters. The quantitative estimate of drug-likeness (QED) is 0.714. The lowest BCUT2D eigenvalue weighted by atomic mass is 10.2. The normalized spacial score (nSPS) is 11.4. The van der Waals surface area contributed by atoms with E-state index in [1.807, 2.05) is 0 Å². The lowest BCUT2D eigenvalue weighted by Crippen LogP contribution is -2.23. The second kappa shape index (κ2) is 3.59. The molecule has 0 saturated heterocycles. The maximum Gasteiger partial charge on any atom is 0.456 e. The molecule has 0 aliphatic heterocycles. The summed E-state index contributed by atoms with van der Waals surface area (Å²) in [5, 5.41) is 8.71. The van der Waals surface area contributed by atoms with Crippen LogP contribution in [0.3, 0.4) is 0 Å². The van der Waals surface area contributed by atoms with Crippen LogP contribution in [0.5, 0.6) is 0 Å². The molecule has 2 aromatic heterocycles. The molecule has 0 fully saturated rings. The first-order valence-electron chi connectivity index (χ1n) is 4.44. The highest BCUT2D eigenvalue weighted by Crippen LogP contribution is 2.24. The summed E-state index contributed by atoms with van der Waals surface area (Å²) in [5.41, 5.74) is -0.791. The summed E-state index contributed by atoms with van der Waals surface area (Å²) in [4.78, 5) is 14.5. The summed E-state index contributed by atoms with van der Waals surface area (Å²) in [6, 6.07) is 5.92. The molecule has 0 N–H and O–H groups in total. The maximum atomic E-state index is 12.3. The van der Waals surface area contributed by atoms with Gasteiger partial charge in [-0.2, -0.15) is 18.4 Å². The van der Waals surface area contributed by atoms with E-state index in [1.54, 1.807) is 6.07 Å². The first-order valence-corrected chi connectivity index (χ1v) is 4.44. The Kier molecular flexibility index (Phi) is 2.35. The molecule has 2 heterocycles. The third-order valence-corrected chi connectivity index (χ3v) is 2.12. The number of hydrogen-bond donors (Lipinski definition) is 0. The molecule has 0 atom stereocenters. The van der Waals surface area contributed by atoms with E-state index in [4.69, 9.17) is 5.26 Å². The van der Waals surface area contributed by atoms with E-state index in [-0.39, 0.29) is 11.3 Å². The van der Waals surface area contributed by atoms with Gasteiger partial charge in [-0.3, -0.25) is 9.20 Å². The fourth-order valence-corrected chi connectivity index (χ4v) is 1.42. The number of alkyl halides is 3. The molecule has 0 aromatic carbocycles.